The molecule has 0 aliphatic heterocycles. The first-order valence-corrected chi connectivity index (χ1v) is 7.11. The van der Waals surface area contributed by atoms with Gasteiger partial charge in [0, 0.05) is 0 Å². The molecule has 0 aromatic heterocycles. The molecule has 0 nitrogen and oxygen atoms in total. The summed E-state index contributed by atoms with van der Waals surface area (Å²) in [5, 5.41) is 0. The first-order chi connectivity index (χ1) is 2.00. The standard InChI is InChI=1S/Cl3H2PS/c1-4(2,3)5/h4-5H. The van der Waals surface area contributed by atoms with E-state index >= 15 is 0 Å². The first kappa shape index (κ1) is 6.65. The van der Waals surface area contributed by atoms with E-state index in [2.05, 4.69) is 12.2 Å². The molecular formula is H2Cl3PS. The molecule has 0 bridgehead atoms. The number of rotatable bonds is 0. The zero-order valence-electron chi connectivity index (χ0n) is 2.08. The van der Waals surface area contributed by atoms with E-state index in [1.54, 1.807) is 0 Å². The molecule has 5 heavy (non-hydrogen) atoms. The van der Waals surface area contributed by atoms with Gasteiger partial charge in [-0.1, -0.05) is 0 Å². The molecular weight excluding hydrogens is 169 g/mol. The van der Waals surface area contributed by atoms with Crippen LogP contribution in [0.25, 0.3) is 0 Å². The Labute approximate surface area is 50.6 Å². The molecule has 34 valence electrons. The summed E-state index contributed by atoms with van der Waals surface area (Å²) in [6.45, 7) is 0. The van der Waals surface area contributed by atoms with E-state index < -0.39 is 4.52 Å². The van der Waals surface area contributed by atoms with E-state index in [1.165, 1.54) is 0 Å². The van der Waals surface area contributed by atoms with E-state index in [4.69, 9.17) is 33.7 Å². The Morgan fingerprint density at radius 1 is 1.20 bits per heavy atom. The molecule has 0 aromatic rings. The number of hydrogen-bond acceptors (Lipinski definition) is 1. The summed E-state index contributed by atoms with van der Waals surface area (Å²) in [6.07, 6.45) is 0. The third-order valence-electron chi connectivity index (χ3n) is 0. The SMILES string of the molecule is S[PH](Cl)(Cl)Cl. The summed E-state index contributed by atoms with van der Waals surface area (Å²) >= 11 is 18.8. The molecule has 5 heteroatoms. The van der Waals surface area contributed by atoms with E-state index in [-0.39, 0.29) is 0 Å². The van der Waals surface area contributed by atoms with Crippen molar-refractivity contribution in [3.8, 4) is 0 Å². The fraction of sp³-hybridized carbons (Fsp3) is 0. The van der Waals surface area contributed by atoms with Crippen molar-refractivity contribution in [1.29, 1.82) is 0 Å². The predicted molar refractivity (Wildman–Crippen MR) is 34.9 cm³/mol. The second kappa shape index (κ2) is 2.09. The van der Waals surface area contributed by atoms with Crippen LogP contribution < -0.4 is 0 Å². The third kappa shape index (κ3) is 27.6. The zero-order valence-corrected chi connectivity index (χ0v) is 6.24. The van der Waals surface area contributed by atoms with Gasteiger partial charge in [0.25, 0.3) is 0 Å². The minimum absolute atomic E-state index is 2.50. The van der Waals surface area contributed by atoms with Crippen molar-refractivity contribution in [3.63, 3.8) is 0 Å². The van der Waals surface area contributed by atoms with Gasteiger partial charge in [-0.3, -0.25) is 0 Å². The van der Waals surface area contributed by atoms with Gasteiger partial charge in [-0.2, -0.15) is 0 Å². The monoisotopic (exact) mass is 170 g/mol. The van der Waals surface area contributed by atoms with Crippen LogP contribution in [0.5, 0.6) is 0 Å². The van der Waals surface area contributed by atoms with E-state index in [1.807, 2.05) is 0 Å². The number of thiol groups is 1. The van der Waals surface area contributed by atoms with E-state index in [9.17, 15) is 0 Å². The molecule has 0 heterocycles. The molecule has 0 aliphatic carbocycles. The molecule has 0 rings (SSSR count). The Hall–Kier alpha value is 1.65. The number of halogens is 3. The van der Waals surface area contributed by atoms with Gasteiger partial charge in [0.2, 0.25) is 0 Å². The quantitative estimate of drug-likeness (QED) is 0.420. The molecule has 0 spiro atoms. The minimum atomic E-state index is -2.50. The summed E-state index contributed by atoms with van der Waals surface area (Å²) in [5.41, 5.74) is 0. The van der Waals surface area contributed by atoms with Gasteiger partial charge in [0.05, 0.1) is 0 Å². The number of hydrogen-bond donors (Lipinski definition) is 1. The van der Waals surface area contributed by atoms with Gasteiger partial charge < -0.3 is 0 Å². The van der Waals surface area contributed by atoms with Gasteiger partial charge in [0.1, 0.15) is 0 Å². The van der Waals surface area contributed by atoms with Crippen LogP contribution in [0, 0.1) is 0 Å². The molecule has 0 fully saturated rings. The molecule has 0 amide bonds. The molecule has 0 N–H and O–H groups in total. The van der Waals surface area contributed by atoms with E-state index in [0.29, 0.717) is 0 Å². The first-order valence-electron chi connectivity index (χ1n) is 0.791. The summed E-state index contributed by atoms with van der Waals surface area (Å²) in [7, 11) is 0. The van der Waals surface area contributed by atoms with Crippen LogP contribution in [0.2, 0.25) is 0 Å². The summed E-state index contributed by atoms with van der Waals surface area (Å²) < 4.78 is -2.50. The maximum absolute atomic E-state index is 5.06. The van der Waals surface area contributed by atoms with Crippen LogP contribution in [0.1, 0.15) is 0 Å². The summed E-state index contributed by atoms with van der Waals surface area (Å²) in [6, 6.07) is 0. The Morgan fingerprint density at radius 3 is 1.20 bits per heavy atom. The van der Waals surface area contributed by atoms with Crippen molar-refractivity contribution >= 4 is 50.5 Å². The van der Waals surface area contributed by atoms with Crippen LogP contribution >= 0.6 is 50.5 Å². The molecule has 0 saturated carbocycles. The van der Waals surface area contributed by atoms with Crippen LogP contribution in [-0.4, -0.2) is 0 Å². The van der Waals surface area contributed by atoms with Crippen molar-refractivity contribution in [1.82, 2.24) is 0 Å². The average Bonchev–Trinajstić information content (AvgIpc) is 0.722. The Kier molecular flexibility index (Phi) is 2.78. The van der Waals surface area contributed by atoms with E-state index in [0.717, 1.165) is 0 Å². The maximum atomic E-state index is 5.06. The van der Waals surface area contributed by atoms with Gasteiger partial charge in [-0.05, 0) is 0 Å². The van der Waals surface area contributed by atoms with Crippen molar-refractivity contribution in [2.24, 2.45) is 0 Å². The Morgan fingerprint density at radius 2 is 1.20 bits per heavy atom. The molecule has 0 aromatic carbocycles. The van der Waals surface area contributed by atoms with Crippen LogP contribution in [-0.2, 0) is 0 Å². The van der Waals surface area contributed by atoms with Gasteiger partial charge >= 0.3 is 50.5 Å². The third-order valence-corrected chi connectivity index (χ3v) is 0. The average molecular weight is 171 g/mol. The summed E-state index contributed by atoms with van der Waals surface area (Å²) in [4.78, 5) is 0. The van der Waals surface area contributed by atoms with Crippen molar-refractivity contribution in [2.75, 3.05) is 0 Å². The van der Waals surface area contributed by atoms with Crippen molar-refractivity contribution in [3.05, 3.63) is 0 Å². The fourth-order valence-corrected chi connectivity index (χ4v) is 0. The molecule has 0 atom stereocenters. The van der Waals surface area contributed by atoms with Crippen LogP contribution in [0.4, 0.5) is 0 Å². The van der Waals surface area contributed by atoms with Gasteiger partial charge in [-0.15, -0.1) is 0 Å². The van der Waals surface area contributed by atoms with Crippen molar-refractivity contribution in [2.45, 2.75) is 0 Å². The Bertz CT molecular complexity index is 22.4. The normalized spacial score (nSPS) is 15.2. The second-order valence-electron chi connectivity index (χ2n) is 0.468. The van der Waals surface area contributed by atoms with Crippen LogP contribution in [0.3, 0.4) is 0 Å². The van der Waals surface area contributed by atoms with Gasteiger partial charge in [-0.25, -0.2) is 0 Å². The zero-order chi connectivity index (χ0) is 4.50. The predicted octanol–water partition coefficient (Wildman–Crippen LogP) is 3.04. The molecule has 0 aliphatic rings. The van der Waals surface area contributed by atoms with Gasteiger partial charge in [0.15, 0.2) is 0 Å². The fourth-order valence-electron chi connectivity index (χ4n) is 0. The topological polar surface area (TPSA) is 0 Å². The summed E-state index contributed by atoms with van der Waals surface area (Å²) in [5.74, 6) is 0. The molecule has 0 unspecified atom stereocenters. The molecule has 0 saturated heterocycles. The van der Waals surface area contributed by atoms with Crippen molar-refractivity contribution < 1.29 is 0 Å². The Balaban J connectivity index is 3.02. The molecule has 0 radical (unpaired) electrons. The second-order valence-corrected chi connectivity index (χ2v) is 12.6. The van der Waals surface area contributed by atoms with Crippen LogP contribution in [0.15, 0.2) is 0 Å².